The fraction of sp³-hybridized carbons (Fsp3) is 0.857. The van der Waals surface area contributed by atoms with Crippen LogP contribution >= 0.6 is 0 Å². The summed E-state index contributed by atoms with van der Waals surface area (Å²) in [7, 11) is 0. The summed E-state index contributed by atoms with van der Waals surface area (Å²) in [5, 5.41) is 0. The molecule has 0 atom stereocenters. The van der Waals surface area contributed by atoms with Crippen LogP contribution in [0.5, 0.6) is 0 Å². The van der Waals surface area contributed by atoms with Gasteiger partial charge in [-0.05, 0) is 13.8 Å². The Balaban J connectivity index is 0. The van der Waals surface area contributed by atoms with Gasteiger partial charge in [-0.15, -0.1) is 0 Å². The van der Waals surface area contributed by atoms with Crippen LogP contribution in [0.3, 0.4) is 0 Å². The molecule has 0 aromatic rings. The van der Waals surface area contributed by atoms with E-state index in [4.69, 9.17) is 14.2 Å². The van der Waals surface area contributed by atoms with Crippen molar-refractivity contribution in [3.05, 3.63) is 0 Å². The Hall–Kier alpha value is -1.18. The molecule has 0 radical (unpaired) electrons. The van der Waals surface area contributed by atoms with Gasteiger partial charge in [0.2, 0.25) is 0 Å². The minimum Gasteiger partial charge on any atom is -0.463 e. The maximum Gasteiger partial charge on any atom is 0.302 e. The molecule has 0 bridgehead atoms. The second-order valence-corrected chi connectivity index (χ2v) is 3.69. The van der Waals surface area contributed by atoms with Gasteiger partial charge in [-0.25, -0.2) is 0 Å². The van der Waals surface area contributed by atoms with Crippen molar-refractivity contribution in [2.24, 2.45) is 0 Å². The molecule has 0 aromatic heterocycles. The Morgan fingerprint density at radius 1 is 0.619 bits per heavy atom. The molecule has 0 aliphatic rings. The Morgan fingerprint density at radius 2 is 0.952 bits per heavy atom. The van der Waals surface area contributed by atoms with Crippen LogP contribution in [0.4, 0.5) is 0 Å². The molecule has 0 rings (SSSR count). The smallest absolute Gasteiger partial charge is 0.302 e. The number of ether oxygens (including phenoxy) is 5. The summed E-state index contributed by atoms with van der Waals surface area (Å²) in [6.07, 6.45) is 0. The number of rotatable bonds is 11. The third kappa shape index (κ3) is 27.9. The van der Waals surface area contributed by atoms with Crippen molar-refractivity contribution in [1.82, 2.24) is 0 Å². The molecule has 0 fully saturated rings. The van der Waals surface area contributed by atoms with Gasteiger partial charge in [-0.3, -0.25) is 9.59 Å². The number of esters is 2. The lowest BCUT2D eigenvalue weighted by Gasteiger charge is -2.06. The minimum absolute atomic E-state index is 0.253. The van der Waals surface area contributed by atoms with E-state index in [-0.39, 0.29) is 25.2 Å². The molecule has 0 aliphatic heterocycles. The summed E-state index contributed by atoms with van der Waals surface area (Å²) in [6, 6.07) is 0. The van der Waals surface area contributed by atoms with Gasteiger partial charge in [0.05, 0.1) is 26.4 Å². The maximum atomic E-state index is 10.4. The topological polar surface area (TPSA) is 80.3 Å². The molecule has 7 heteroatoms. The fourth-order valence-electron chi connectivity index (χ4n) is 1.01. The van der Waals surface area contributed by atoms with Crippen LogP contribution in [0.25, 0.3) is 0 Å². The highest BCUT2D eigenvalue weighted by atomic mass is 16.6. The average molecular weight is 308 g/mol. The van der Waals surface area contributed by atoms with Crippen LogP contribution in [0.1, 0.15) is 27.7 Å². The molecule has 0 amide bonds. The standard InChI is InChI=1S/C10H18O6.C4H10O/c1-9(11)15-7-5-13-3-4-14-6-8-16-10(2)12;1-3-5-4-2/h3-8H2,1-2H3;3-4H2,1-2H3. The van der Waals surface area contributed by atoms with Crippen LogP contribution < -0.4 is 0 Å². The molecule has 0 saturated carbocycles. The second-order valence-electron chi connectivity index (χ2n) is 3.69. The van der Waals surface area contributed by atoms with E-state index in [9.17, 15) is 9.59 Å². The van der Waals surface area contributed by atoms with E-state index in [1.54, 1.807) is 0 Å². The third-order valence-corrected chi connectivity index (χ3v) is 1.85. The van der Waals surface area contributed by atoms with Gasteiger partial charge in [-0.2, -0.15) is 0 Å². The van der Waals surface area contributed by atoms with Crippen LogP contribution in [0.15, 0.2) is 0 Å². The van der Waals surface area contributed by atoms with E-state index in [0.717, 1.165) is 13.2 Å². The Morgan fingerprint density at radius 3 is 1.19 bits per heavy atom. The van der Waals surface area contributed by atoms with E-state index in [2.05, 4.69) is 9.47 Å². The zero-order valence-corrected chi connectivity index (χ0v) is 13.5. The molecule has 0 spiro atoms. The maximum absolute atomic E-state index is 10.4. The highest BCUT2D eigenvalue weighted by Gasteiger charge is 1.94. The molecule has 21 heavy (non-hydrogen) atoms. The average Bonchev–Trinajstić information content (AvgIpc) is 2.42. The van der Waals surface area contributed by atoms with Gasteiger partial charge >= 0.3 is 11.9 Å². The largest absolute Gasteiger partial charge is 0.463 e. The molecule has 0 heterocycles. The molecule has 0 unspecified atom stereocenters. The summed E-state index contributed by atoms with van der Waals surface area (Å²) >= 11 is 0. The first-order valence-electron chi connectivity index (χ1n) is 7.04. The zero-order chi connectivity index (χ0) is 16.3. The van der Waals surface area contributed by atoms with Crippen molar-refractivity contribution in [2.75, 3.05) is 52.9 Å². The normalized spacial score (nSPS) is 9.52. The summed E-state index contributed by atoms with van der Waals surface area (Å²) in [5.74, 6) is -0.637. The lowest BCUT2D eigenvalue weighted by Crippen LogP contribution is -2.13. The van der Waals surface area contributed by atoms with Gasteiger partial charge < -0.3 is 23.7 Å². The second kappa shape index (κ2) is 18.8. The monoisotopic (exact) mass is 308 g/mol. The lowest BCUT2D eigenvalue weighted by atomic mass is 10.7. The SMILES string of the molecule is CC(=O)OCCOCCOCCOC(C)=O.CCOCC. The van der Waals surface area contributed by atoms with Crippen LogP contribution in [0.2, 0.25) is 0 Å². The lowest BCUT2D eigenvalue weighted by molar-refractivity contribution is -0.144. The summed E-state index contributed by atoms with van der Waals surface area (Å²) in [4.78, 5) is 20.7. The van der Waals surface area contributed by atoms with E-state index in [1.165, 1.54) is 13.8 Å². The van der Waals surface area contributed by atoms with Gasteiger partial charge in [0, 0.05) is 27.1 Å². The number of hydrogen-bond donors (Lipinski definition) is 0. The van der Waals surface area contributed by atoms with Crippen LogP contribution in [-0.4, -0.2) is 64.8 Å². The zero-order valence-electron chi connectivity index (χ0n) is 13.5. The predicted octanol–water partition coefficient (Wildman–Crippen LogP) is 1.19. The fourth-order valence-corrected chi connectivity index (χ4v) is 1.01. The van der Waals surface area contributed by atoms with Gasteiger partial charge in [0.25, 0.3) is 0 Å². The Labute approximate surface area is 126 Å². The highest BCUT2D eigenvalue weighted by Crippen LogP contribution is 1.83. The minimum atomic E-state index is -0.318. The van der Waals surface area contributed by atoms with E-state index < -0.39 is 0 Å². The van der Waals surface area contributed by atoms with Gasteiger partial charge in [0.15, 0.2) is 0 Å². The first-order chi connectivity index (χ1) is 10.0. The highest BCUT2D eigenvalue weighted by molar-refractivity contribution is 5.66. The van der Waals surface area contributed by atoms with E-state index >= 15 is 0 Å². The Kier molecular flexibility index (Phi) is 19.8. The van der Waals surface area contributed by atoms with Crippen LogP contribution in [0, 0.1) is 0 Å². The molecule has 7 nitrogen and oxygen atoms in total. The molecule has 0 N–H and O–H groups in total. The van der Waals surface area contributed by atoms with Crippen LogP contribution in [-0.2, 0) is 33.3 Å². The van der Waals surface area contributed by atoms with E-state index in [1.807, 2.05) is 13.8 Å². The molecular weight excluding hydrogens is 280 g/mol. The van der Waals surface area contributed by atoms with Crippen molar-refractivity contribution in [3.63, 3.8) is 0 Å². The number of carbonyl (C=O) groups excluding carboxylic acids is 2. The van der Waals surface area contributed by atoms with Crippen molar-refractivity contribution >= 4 is 11.9 Å². The molecule has 0 aromatic carbocycles. The number of hydrogen-bond acceptors (Lipinski definition) is 7. The molecule has 0 saturated heterocycles. The summed E-state index contributed by atoms with van der Waals surface area (Å²) in [6.45, 7) is 10.4. The third-order valence-electron chi connectivity index (χ3n) is 1.85. The van der Waals surface area contributed by atoms with Crippen molar-refractivity contribution in [1.29, 1.82) is 0 Å². The van der Waals surface area contributed by atoms with Crippen molar-refractivity contribution < 1.29 is 33.3 Å². The molecule has 0 aliphatic carbocycles. The quantitative estimate of drug-likeness (QED) is 0.419. The predicted molar refractivity (Wildman–Crippen MR) is 77.1 cm³/mol. The first-order valence-corrected chi connectivity index (χ1v) is 7.04. The first kappa shape index (κ1) is 22.1. The van der Waals surface area contributed by atoms with Gasteiger partial charge in [0.1, 0.15) is 13.2 Å². The molecule has 126 valence electrons. The summed E-state index contributed by atoms with van der Waals surface area (Å²) < 4.78 is 24.3. The Bertz CT molecular complexity index is 219. The van der Waals surface area contributed by atoms with Crippen molar-refractivity contribution in [2.45, 2.75) is 27.7 Å². The summed E-state index contributed by atoms with van der Waals surface area (Å²) in [5.41, 5.74) is 0. The van der Waals surface area contributed by atoms with E-state index in [0.29, 0.717) is 26.4 Å². The molecular formula is C14H28O7. The van der Waals surface area contributed by atoms with Gasteiger partial charge in [-0.1, -0.05) is 0 Å². The van der Waals surface area contributed by atoms with Crippen molar-refractivity contribution in [3.8, 4) is 0 Å². The number of carbonyl (C=O) groups is 2.